The molecule has 1 aromatic carbocycles. The van der Waals surface area contributed by atoms with E-state index in [9.17, 15) is 4.79 Å². The molecule has 0 N–H and O–H groups in total. The Kier molecular flexibility index (Phi) is 3.64. The van der Waals surface area contributed by atoms with Gasteiger partial charge >= 0.3 is 112 Å². The number of halogens is 5. The topological polar surface area (TPSA) is 26.3 Å². The SMILES string of the molecule is CC(=O)c1ccccc1[O][W]([Cl])([Cl])([Cl])([Cl])[Cl]. The molecule has 0 fully saturated rings. The molecule has 0 bridgehead atoms. The summed E-state index contributed by atoms with van der Waals surface area (Å²) in [6.07, 6.45) is 0. The molecule has 0 saturated heterocycles. The predicted octanol–water partition coefficient (Wildman–Crippen LogP) is 5.18. The van der Waals surface area contributed by atoms with Gasteiger partial charge in [-0.25, -0.2) is 0 Å². The summed E-state index contributed by atoms with van der Waals surface area (Å²) in [5.74, 6) is -0.174. The van der Waals surface area contributed by atoms with E-state index >= 15 is 0 Å². The molecule has 0 amide bonds. The number of carbonyl (C=O) groups excluding carboxylic acids is 1. The molecule has 0 atom stereocenters. The van der Waals surface area contributed by atoms with Crippen LogP contribution in [0.25, 0.3) is 0 Å². The van der Waals surface area contributed by atoms with Crippen LogP contribution in [0.4, 0.5) is 0 Å². The molecule has 16 heavy (non-hydrogen) atoms. The summed E-state index contributed by atoms with van der Waals surface area (Å²) in [6.45, 7) is 1.36. The Labute approximate surface area is 111 Å². The van der Waals surface area contributed by atoms with E-state index < -0.39 is 8.73 Å². The molecule has 92 valence electrons. The second kappa shape index (κ2) is 3.91. The van der Waals surface area contributed by atoms with Gasteiger partial charge in [-0.2, -0.15) is 0 Å². The van der Waals surface area contributed by atoms with Crippen LogP contribution in [-0.4, -0.2) is 5.78 Å². The van der Waals surface area contributed by atoms with Crippen LogP contribution in [0.15, 0.2) is 24.3 Å². The molecule has 2 nitrogen and oxygen atoms in total. The summed E-state index contributed by atoms with van der Waals surface area (Å²) in [4.78, 5) is 11.3. The molecule has 0 aromatic heterocycles. The van der Waals surface area contributed by atoms with Crippen LogP contribution in [0.2, 0.25) is 0 Å². The van der Waals surface area contributed by atoms with Crippen LogP contribution in [0.5, 0.6) is 5.75 Å². The summed E-state index contributed by atoms with van der Waals surface area (Å²) in [5.41, 5.74) is 0.253. The number of Topliss-reactive ketones (excluding diaryl/α,β-unsaturated/α-hetero) is 1. The van der Waals surface area contributed by atoms with E-state index in [1.54, 1.807) is 12.1 Å². The zero-order valence-electron chi connectivity index (χ0n) is 7.92. The summed E-state index contributed by atoms with van der Waals surface area (Å²) in [5, 5.41) is 0. The van der Waals surface area contributed by atoms with Gasteiger partial charge < -0.3 is 0 Å². The fourth-order valence-electron chi connectivity index (χ4n) is 1.000. The van der Waals surface area contributed by atoms with Crippen LogP contribution in [0.1, 0.15) is 17.3 Å². The third kappa shape index (κ3) is 5.44. The maximum absolute atomic E-state index is 11.3. The first-order chi connectivity index (χ1) is 6.88. The number of rotatable bonds is 3. The third-order valence-corrected chi connectivity index (χ3v) is 5.87. The number of benzene rings is 1. The Balaban J connectivity index is 3.23. The second-order valence-electron chi connectivity index (χ2n) is 3.03. The molecule has 0 radical (unpaired) electrons. The van der Waals surface area contributed by atoms with Crippen molar-refractivity contribution < 1.29 is 16.9 Å². The molecular weight excluding hydrogens is 489 g/mol. The second-order valence-corrected chi connectivity index (χ2v) is 53.4. The Morgan fingerprint density at radius 3 is 2.06 bits per heavy atom. The molecular formula is C8H7Cl5O2W. The van der Waals surface area contributed by atoms with Crippen LogP contribution >= 0.6 is 47.1 Å². The molecule has 0 heterocycles. The van der Waals surface area contributed by atoms with Crippen molar-refractivity contribution in [1.82, 2.24) is 0 Å². The van der Waals surface area contributed by atoms with E-state index in [0.29, 0.717) is 0 Å². The zero-order chi connectivity index (χ0) is 12.7. The van der Waals surface area contributed by atoms with Crippen molar-refractivity contribution in [2.45, 2.75) is 6.92 Å². The average Bonchev–Trinajstić information content (AvgIpc) is 1.98. The van der Waals surface area contributed by atoms with E-state index in [0.717, 1.165) is 0 Å². The Hall–Kier alpha value is 0.828. The molecule has 0 spiro atoms. The molecule has 0 aliphatic carbocycles. The van der Waals surface area contributed by atoms with Crippen molar-refractivity contribution in [2.24, 2.45) is 0 Å². The summed E-state index contributed by atoms with van der Waals surface area (Å²) >= 11 is 0. The Morgan fingerprint density at radius 2 is 1.62 bits per heavy atom. The van der Waals surface area contributed by atoms with Crippen molar-refractivity contribution in [3.8, 4) is 5.75 Å². The first-order valence-electron chi connectivity index (χ1n) is 3.92. The van der Waals surface area contributed by atoms with Gasteiger partial charge in [-0.1, -0.05) is 0 Å². The normalized spacial score (nSPS) is 16.1. The minimum absolute atomic E-state index is 0.0664. The van der Waals surface area contributed by atoms with Crippen LogP contribution < -0.4 is 3.39 Å². The number of ketones is 1. The van der Waals surface area contributed by atoms with Gasteiger partial charge in [-0.15, -0.1) is 0 Å². The Bertz CT molecular complexity index is 438. The molecule has 0 aliphatic heterocycles. The maximum atomic E-state index is 11.3. The van der Waals surface area contributed by atoms with Gasteiger partial charge in [-0.05, 0) is 0 Å². The molecule has 1 aromatic rings. The zero-order valence-corrected chi connectivity index (χ0v) is 14.6. The predicted molar refractivity (Wildman–Crippen MR) is 66.3 cm³/mol. The molecule has 0 unspecified atom stereocenters. The molecule has 8 heteroatoms. The minimum atomic E-state index is -6.14. The van der Waals surface area contributed by atoms with Gasteiger partial charge in [0.1, 0.15) is 0 Å². The molecule has 0 aliphatic rings. The van der Waals surface area contributed by atoms with Crippen molar-refractivity contribution in [3.05, 3.63) is 29.8 Å². The number of hydrogen-bond acceptors (Lipinski definition) is 2. The fraction of sp³-hybridized carbons (Fsp3) is 0.125. The first kappa shape index (κ1) is 14.9. The van der Waals surface area contributed by atoms with Gasteiger partial charge in [0.15, 0.2) is 0 Å². The van der Waals surface area contributed by atoms with Gasteiger partial charge in [0.25, 0.3) is 0 Å². The first-order valence-corrected chi connectivity index (χ1v) is 23.3. The van der Waals surface area contributed by atoms with Crippen LogP contribution in [0, 0.1) is 0 Å². The van der Waals surface area contributed by atoms with E-state index in [1.165, 1.54) is 19.1 Å². The standard InChI is InChI=1S/C8H8O2.5ClH.W/c1-6(9)7-4-2-3-5-8(7)10;;;;;;/h2-5,10H,1H3;5*1H;/q;;;;;;+6/p-6. The Morgan fingerprint density at radius 1 is 1.12 bits per heavy atom. The van der Waals surface area contributed by atoms with Crippen LogP contribution in [0.3, 0.4) is 0 Å². The van der Waals surface area contributed by atoms with E-state index in [1.807, 2.05) is 0 Å². The van der Waals surface area contributed by atoms with Crippen molar-refractivity contribution >= 4 is 52.9 Å². The fourth-order valence-corrected chi connectivity index (χ4v) is 5.52. The summed E-state index contributed by atoms with van der Waals surface area (Å²) in [7, 11) is 22.3. The average molecular weight is 496 g/mol. The monoisotopic (exact) mass is 494 g/mol. The number of hydrogen-bond donors (Lipinski definition) is 0. The van der Waals surface area contributed by atoms with E-state index in [2.05, 4.69) is 0 Å². The summed E-state index contributed by atoms with van der Waals surface area (Å²) < 4.78 is 5.08. The van der Waals surface area contributed by atoms with Crippen molar-refractivity contribution in [3.63, 3.8) is 0 Å². The molecule has 0 saturated carbocycles. The number of carbonyl (C=O) groups is 1. The van der Waals surface area contributed by atoms with Gasteiger partial charge in [0.05, 0.1) is 0 Å². The van der Waals surface area contributed by atoms with E-state index in [-0.39, 0.29) is 17.1 Å². The summed E-state index contributed by atoms with van der Waals surface area (Å²) in [6, 6.07) is 6.25. The van der Waals surface area contributed by atoms with Crippen LogP contribution in [-0.2, 0) is 8.73 Å². The third-order valence-electron chi connectivity index (χ3n) is 1.51. The van der Waals surface area contributed by atoms with Gasteiger partial charge in [0.2, 0.25) is 0 Å². The van der Waals surface area contributed by atoms with Crippen molar-refractivity contribution in [1.29, 1.82) is 0 Å². The van der Waals surface area contributed by atoms with E-state index in [4.69, 9.17) is 50.5 Å². The molecule has 1 rings (SSSR count). The number of para-hydroxylation sites is 1. The quantitative estimate of drug-likeness (QED) is 0.540. The van der Waals surface area contributed by atoms with Crippen molar-refractivity contribution in [2.75, 3.05) is 0 Å². The van der Waals surface area contributed by atoms with Gasteiger partial charge in [-0.3, -0.25) is 0 Å². The van der Waals surface area contributed by atoms with Gasteiger partial charge in [0, 0.05) is 0 Å².